The number of primary amides is 1. The molecule has 1 rings (SSSR count). The molecule has 0 aromatic rings. The second-order valence-corrected chi connectivity index (χ2v) is 8.34. The maximum Gasteiger partial charge on any atom is 0.220 e. The Balaban J connectivity index is 2.24. The summed E-state index contributed by atoms with van der Waals surface area (Å²) in [5.74, 6) is 0.858. The van der Waals surface area contributed by atoms with Crippen molar-refractivity contribution in [2.75, 3.05) is 45.8 Å². The zero-order valence-corrected chi connectivity index (χ0v) is 18.8. The summed E-state index contributed by atoms with van der Waals surface area (Å²) in [5, 5.41) is 6.80. The van der Waals surface area contributed by atoms with E-state index in [2.05, 4.69) is 55.1 Å². The van der Waals surface area contributed by atoms with Crippen LogP contribution in [0.1, 0.15) is 60.3 Å². The second kappa shape index (κ2) is 13.8. The van der Waals surface area contributed by atoms with Crippen LogP contribution in [0.15, 0.2) is 4.99 Å². The number of carbonyl (C=O) groups is 1. The van der Waals surface area contributed by atoms with Gasteiger partial charge in [0.15, 0.2) is 5.96 Å². The highest BCUT2D eigenvalue weighted by atomic mass is 16.1. The summed E-state index contributed by atoms with van der Waals surface area (Å²) in [6.07, 6.45) is 4.03. The zero-order chi connectivity index (χ0) is 20.9. The maximum absolute atomic E-state index is 11.2. The molecule has 7 nitrogen and oxygen atoms in total. The van der Waals surface area contributed by atoms with Crippen LogP contribution in [0.5, 0.6) is 0 Å². The average Bonchev–Trinajstić information content (AvgIpc) is 2.64. The molecule has 4 N–H and O–H groups in total. The molecule has 1 heterocycles. The molecule has 1 saturated heterocycles. The Morgan fingerprint density at radius 3 is 2.32 bits per heavy atom. The normalized spacial score (nSPS) is 16.9. The molecule has 7 heteroatoms. The Kier molecular flexibility index (Phi) is 12.1. The fourth-order valence-electron chi connectivity index (χ4n) is 3.84. The lowest BCUT2D eigenvalue weighted by Crippen LogP contribution is -2.45. The monoisotopic (exact) mass is 396 g/mol. The fraction of sp³-hybridized carbons (Fsp3) is 0.905. The number of amides is 1. The molecule has 0 saturated carbocycles. The van der Waals surface area contributed by atoms with Crippen LogP contribution in [-0.2, 0) is 4.79 Å². The number of likely N-dealkylation sites (tertiary alicyclic amines) is 1. The number of carbonyl (C=O) groups excluding carboxylic acids is 1. The Hall–Kier alpha value is -1.34. The molecule has 1 aliphatic rings. The molecule has 0 aliphatic carbocycles. The third kappa shape index (κ3) is 9.73. The van der Waals surface area contributed by atoms with E-state index in [9.17, 15) is 4.79 Å². The van der Waals surface area contributed by atoms with Crippen molar-refractivity contribution < 1.29 is 4.79 Å². The largest absolute Gasteiger partial charge is 0.369 e. The molecule has 0 radical (unpaired) electrons. The molecule has 1 amide bonds. The molecule has 28 heavy (non-hydrogen) atoms. The molecule has 0 atom stereocenters. The van der Waals surface area contributed by atoms with Gasteiger partial charge in [-0.1, -0.05) is 0 Å². The first-order valence-corrected chi connectivity index (χ1v) is 11.1. The lowest BCUT2D eigenvalue weighted by Gasteiger charge is -2.30. The standard InChI is InChI=1S/C21H44N6O/c1-6-23-21(25-12-16-27(17(2)3)18(4)5)24-11-7-8-13-26-14-9-19(10-15-26)20(22)28/h17-19H,6-16H2,1-5H3,(H2,22,28)(H2,23,24,25). The van der Waals surface area contributed by atoms with E-state index >= 15 is 0 Å². The van der Waals surface area contributed by atoms with Crippen LogP contribution in [0.25, 0.3) is 0 Å². The van der Waals surface area contributed by atoms with Gasteiger partial charge in [0.2, 0.25) is 5.91 Å². The summed E-state index contributed by atoms with van der Waals surface area (Å²) in [5.41, 5.74) is 5.40. The van der Waals surface area contributed by atoms with Crippen molar-refractivity contribution in [3.63, 3.8) is 0 Å². The van der Waals surface area contributed by atoms with Gasteiger partial charge in [-0.05, 0) is 79.9 Å². The highest BCUT2D eigenvalue weighted by Gasteiger charge is 2.22. The molecule has 0 bridgehead atoms. The fourth-order valence-corrected chi connectivity index (χ4v) is 3.84. The van der Waals surface area contributed by atoms with Gasteiger partial charge in [0.1, 0.15) is 0 Å². The van der Waals surface area contributed by atoms with Crippen LogP contribution in [-0.4, -0.2) is 79.6 Å². The number of piperidine rings is 1. The topological polar surface area (TPSA) is 86.0 Å². The summed E-state index contributed by atoms with van der Waals surface area (Å²) in [6, 6.07) is 1.10. The van der Waals surface area contributed by atoms with Crippen LogP contribution in [0.3, 0.4) is 0 Å². The first-order valence-electron chi connectivity index (χ1n) is 11.1. The maximum atomic E-state index is 11.2. The Morgan fingerprint density at radius 2 is 1.79 bits per heavy atom. The minimum Gasteiger partial charge on any atom is -0.369 e. The third-order valence-electron chi connectivity index (χ3n) is 5.48. The van der Waals surface area contributed by atoms with Crippen LogP contribution < -0.4 is 16.4 Å². The predicted molar refractivity (Wildman–Crippen MR) is 119 cm³/mol. The molecular weight excluding hydrogens is 352 g/mol. The smallest absolute Gasteiger partial charge is 0.220 e. The molecule has 0 aromatic carbocycles. The summed E-state index contributed by atoms with van der Waals surface area (Å²) in [4.78, 5) is 20.9. The molecule has 1 fully saturated rings. The number of hydrogen-bond acceptors (Lipinski definition) is 4. The summed E-state index contributed by atoms with van der Waals surface area (Å²) in [7, 11) is 0. The van der Waals surface area contributed by atoms with E-state index in [0.717, 1.165) is 77.5 Å². The molecule has 1 aliphatic heterocycles. The van der Waals surface area contributed by atoms with Gasteiger partial charge in [-0.25, -0.2) is 0 Å². The molecule has 0 aromatic heterocycles. The quantitative estimate of drug-likeness (QED) is 0.265. The van der Waals surface area contributed by atoms with Gasteiger partial charge in [-0.15, -0.1) is 0 Å². The number of aliphatic imine (C=N–C) groups is 1. The van der Waals surface area contributed by atoms with Gasteiger partial charge in [-0.2, -0.15) is 0 Å². The van der Waals surface area contributed by atoms with Crippen molar-refractivity contribution in [1.82, 2.24) is 20.4 Å². The van der Waals surface area contributed by atoms with Crippen molar-refractivity contribution in [3.05, 3.63) is 0 Å². The zero-order valence-electron chi connectivity index (χ0n) is 18.8. The minimum absolute atomic E-state index is 0.0805. The number of unbranched alkanes of at least 4 members (excludes halogenated alkanes) is 1. The van der Waals surface area contributed by atoms with E-state index < -0.39 is 0 Å². The van der Waals surface area contributed by atoms with E-state index in [1.165, 1.54) is 0 Å². The SMILES string of the molecule is CCNC(=NCCCCN1CCC(C(N)=O)CC1)NCCN(C(C)C)C(C)C. The number of nitrogens with zero attached hydrogens (tertiary/aromatic N) is 3. The Bertz CT molecular complexity index is 450. The van der Waals surface area contributed by atoms with E-state index in [-0.39, 0.29) is 11.8 Å². The minimum atomic E-state index is -0.137. The number of guanidine groups is 1. The predicted octanol–water partition coefficient (Wildman–Crippen LogP) is 1.64. The van der Waals surface area contributed by atoms with Gasteiger partial charge in [0.25, 0.3) is 0 Å². The van der Waals surface area contributed by atoms with E-state index in [1.807, 2.05) is 0 Å². The van der Waals surface area contributed by atoms with Crippen molar-refractivity contribution >= 4 is 11.9 Å². The Labute approximate surface area is 172 Å². The van der Waals surface area contributed by atoms with E-state index in [0.29, 0.717) is 12.1 Å². The van der Waals surface area contributed by atoms with Crippen LogP contribution in [0, 0.1) is 5.92 Å². The highest BCUT2D eigenvalue weighted by Crippen LogP contribution is 2.16. The van der Waals surface area contributed by atoms with Crippen LogP contribution in [0.2, 0.25) is 0 Å². The van der Waals surface area contributed by atoms with E-state index in [1.54, 1.807) is 0 Å². The highest BCUT2D eigenvalue weighted by molar-refractivity contribution is 5.79. The number of hydrogen-bond donors (Lipinski definition) is 3. The van der Waals surface area contributed by atoms with Crippen LogP contribution >= 0.6 is 0 Å². The summed E-state index contributed by atoms with van der Waals surface area (Å²) in [6.45, 7) is 17.8. The molecule has 164 valence electrons. The lowest BCUT2D eigenvalue weighted by atomic mass is 9.96. The average molecular weight is 397 g/mol. The third-order valence-corrected chi connectivity index (χ3v) is 5.48. The molecule has 0 spiro atoms. The Morgan fingerprint density at radius 1 is 1.14 bits per heavy atom. The van der Waals surface area contributed by atoms with E-state index in [4.69, 9.17) is 10.7 Å². The summed E-state index contributed by atoms with van der Waals surface area (Å²) < 4.78 is 0. The number of nitrogens with one attached hydrogen (secondary N) is 2. The van der Waals surface area contributed by atoms with Crippen molar-refractivity contribution in [3.8, 4) is 0 Å². The first kappa shape index (κ1) is 24.7. The van der Waals surface area contributed by atoms with Gasteiger partial charge >= 0.3 is 0 Å². The lowest BCUT2D eigenvalue weighted by molar-refractivity contribution is -0.123. The first-order chi connectivity index (χ1) is 13.3. The van der Waals surface area contributed by atoms with Crippen molar-refractivity contribution in [2.24, 2.45) is 16.6 Å². The van der Waals surface area contributed by atoms with Gasteiger partial charge < -0.3 is 21.3 Å². The molecule has 0 unspecified atom stereocenters. The van der Waals surface area contributed by atoms with Gasteiger partial charge in [0.05, 0.1) is 0 Å². The van der Waals surface area contributed by atoms with Gasteiger partial charge in [-0.3, -0.25) is 14.7 Å². The van der Waals surface area contributed by atoms with Gasteiger partial charge in [0, 0.05) is 44.2 Å². The van der Waals surface area contributed by atoms with Crippen molar-refractivity contribution in [1.29, 1.82) is 0 Å². The summed E-state index contributed by atoms with van der Waals surface area (Å²) >= 11 is 0. The second-order valence-electron chi connectivity index (χ2n) is 8.34. The van der Waals surface area contributed by atoms with Crippen LogP contribution in [0.4, 0.5) is 0 Å². The number of nitrogens with two attached hydrogens (primary N) is 1. The molecular formula is C21H44N6O. The number of rotatable bonds is 12. The van der Waals surface area contributed by atoms with Crippen molar-refractivity contribution in [2.45, 2.75) is 72.4 Å².